The Morgan fingerprint density at radius 1 is 1.35 bits per heavy atom. The number of ketones is 1. The first-order valence-corrected chi connectivity index (χ1v) is 8.72. The summed E-state index contributed by atoms with van der Waals surface area (Å²) in [6, 6.07) is 4.92. The van der Waals surface area contributed by atoms with Gasteiger partial charge in [0.15, 0.2) is 11.5 Å². The van der Waals surface area contributed by atoms with E-state index >= 15 is 0 Å². The number of esters is 1. The number of phenolic OH excluding ortho intramolecular Hbond substituents is 1. The minimum Gasteiger partial charge on any atom is -0.504 e. The van der Waals surface area contributed by atoms with Crippen molar-refractivity contribution in [3.8, 4) is 11.5 Å². The Balaban J connectivity index is 2.18. The Labute approximate surface area is 152 Å². The summed E-state index contributed by atoms with van der Waals surface area (Å²) in [5.74, 6) is -0.997. The molecule has 1 aromatic carbocycles. The van der Waals surface area contributed by atoms with Gasteiger partial charge < -0.3 is 19.9 Å². The van der Waals surface area contributed by atoms with Crippen molar-refractivity contribution in [2.24, 2.45) is 5.92 Å². The number of carbonyl (C=O) groups excluding carboxylic acids is 2. The maximum absolute atomic E-state index is 12.7. The highest BCUT2D eigenvalue weighted by Crippen LogP contribution is 2.45. The van der Waals surface area contributed by atoms with Crippen molar-refractivity contribution in [3.63, 3.8) is 0 Å². The largest absolute Gasteiger partial charge is 0.504 e. The lowest BCUT2D eigenvalue weighted by atomic mass is 9.71. The maximum Gasteiger partial charge on any atom is 0.336 e. The van der Waals surface area contributed by atoms with Crippen molar-refractivity contribution in [2.75, 3.05) is 13.7 Å². The first kappa shape index (κ1) is 18.0. The number of phenols is 1. The number of allylic oxidation sites excluding steroid dienone is 3. The summed E-state index contributed by atoms with van der Waals surface area (Å²) in [5, 5.41) is 13.1. The quantitative estimate of drug-likeness (QED) is 0.806. The van der Waals surface area contributed by atoms with Gasteiger partial charge in [-0.05, 0) is 38.0 Å². The second-order valence-corrected chi connectivity index (χ2v) is 6.44. The average Bonchev–Trinajstić information content (AvgIpc) is 2.61. The fourth-order valence-electron chi connectivity index (χ4n) is 3.74. The average molecular weight is 357 g/mol. The summed E-state index contributed by atoms with van der Waals surface area (Å²) in [7, 11) is 1.46. The van der Waals surface area contributed by atoms with Crippen molar-refractivity contribution in [1.29, 1.82) is 0 Å². The molecule has 0 radical (unpaired) electrons. The number of hydrogen-bond donors (Lipinski definition) is 2. The highest BCUT2D eigenvalue weighted by molar-refractivity contribution is 5.96. The molecule has 2 atom stereocenters. The van der Waals surface area contributed by atoms with Crippen molar-refractivity contribution in [1.82, 2.24) is 5.32 Å². The second-order valence-electron chi connectivity index (χ2n) is 6.44. The first-order valence-electron chi connectivity index (χ1n) is 8.72. The second kappa shape index (κ2) is 7.23. The van der Waals surface area contributed by atoms with Crippen LogP contribution >= 0.6 is 0 Å². The molecule has 1 heterocycles. The van der Waals surface area contributed by atoms with Crippen LogP contribution in [0.4, 0.5) is 0 Å². The molecule has 0 saturated carbocycles. The molecular formula is C20H23NO5. The zero-order valence-electron chi connectivity index (χ0n) is 15.2. The van der Waals surface area contributed by atoms with E-state index in [-0.39, 0.29) is 18.1 Å². The summed E-state index contributed by atoms with van der Waals surface area (Å²) in [6.45, 7) is 3.81. The third kappa shape index (κ3) is 3.07. The van der Waals surface area contributed by atoms with Gasteiger partial charge in [0.05, 0.1) is 25.2 Å². The number of nitrogens with one attached hydrogen (secondary N) is 1. The van der Waals surface area contributed by atoms with Crippen LogP contribution in [0.1, 0.15) is 38.2 Å². The lowest BCUT2D eigenvalue weighted by Crippen LogP contribution is -2.40. The Morgan fingerprint density at radius 2 is 2.12 bits per heavy atom. The van der Waals surface area contributed by atoms with Gasteiger partial charge in [0.2, 0.25) is 0 Å². The van der Waals surface area contributed by atoms with E-state index in [0.29, 0.717) is 29.9 Å². The zero-order valence-corrected chi connectivity index (χ0v) is 15.2. The monoisotopic (exact) mass is 357 g/mol. The molecule has 2 aliphatic rings. The molecule has 26 heavy (non-hydrogen) atoms. The van der Waals surface area contributed by atoms with Gasteiger partial charge in [-0.25, -0.2) is 4.79 Å². The molecule has 2 unspecified atom stereocenters. The van der Waals surface area contributed by atoms with E-state index in [1.807, 2.05) is 13.0 Å². The third-order valence-electron chi connectivity index (χ3n) is 4.88. The fraction of sp³-hybridized carbons (Fsp3) is 0.400. The Hall–Kier alpha value is -2.76. The van der Waals surface area contributed by atoms with Gasteiger partial charge in [-0.1, -0.05) is 12.1 Å². The predicted octanol–water partition coefficient (Wildman–Crippen LogP) is 2.79. The highest BCUT2D eigenvalue weighted by Gasteiger charge is 2.43. The molecule has 0 spiro atoms. The van der Waals surface area contributed by atoms with Crippen LogP contribution in [-0.4, -0.2) is 30.6 Å². The SMILES string of the molecule is CCOC(=O)C1=C(C)NC2=CCCC(=O)C2C1c1ccc(O)c(OC)c1. The van der Waals surface area contributed by atoms with Crippen LogP contribution in [0.2, 0.25) is 0 Å². The van der Waals surface area contributed by atoms with Crippen LogP contribution in [0.5, 0.6) is 11.5 Å². The van der Waals surface area contributed by atoms with Crippen molar-refractivity contribution in [2.45, 2.75) is 32.6 Å². The molecule has 2 N–H and O–H groups in total. The number of Topliss-reactive ketones (excluding diaryl/α,β-unsaturated/α-hetero) is 1. The predicted molar refractivity (Wildman–Crippen MR) is 95.7 cm³/mol. The van der Waals surface area contributed by atoms with E-state index in [2.05, 4.69) is 5.32 Å². The highest BCUT2D eigenvalue weighted by atomic mass is 16.5. The van der Waals surface area contributed by atoms with Gasteiger partial charge in [0.25, 0.3) is 0 Å². The fourth-order valence-corrected chi connectivity index (χ4v) is 3.74. The normalized spacial score (nSPS) is 22.3. The van der Waals surface area contributed by atoms with Crippen LogP contribution in [0.15, 0.2) is 41.2 Å². The van der Waals surface area contributed by atoms with E-state index in [1.54, 1.807) is 19.1 Å². The molecule has 1 aromatic rings. The number of aromatic hydroxyl groups is 1. The summed E-state index contributed by atoms with van der Waals surface area (Å²) in [5.41, 5.74) is 2.67. The van der Waals surface area contributed by atoms with E-state index < -0.39 is 17.8 Å². The molecule has 0 fully saturated rings. The first-order chi connectivity index (χ1) is 12.5. The molecule has 0 saturated heterocycles. The van der Waals surface area contributed by atoms with E-state index in [4.69, 9.17) is 9.47 Å². The molecule has 138 valence electrons. The Bertz CT molecular complexity index is 808. The molecule has 0 amide bonds. The van der Waals surface area contributed by atoms with E-state index in [1.165, 1.54) is 13.2 Å². The summed E-state index contributed by atoms with van der Waals surface area (Å²) < 4.78 is 10.5. The number of rotatable bonds is 4. The molecule has 6 nitrogen and oxygen atoms in total. The standard InChI is InChI=1S/C20H23NO5/c1-4-26-20(24)17-11(2)21-13-6-5-7-15(23)19(13)18(17)12-8-9-14(22)16(10-12)25-3/h6,8-10,18-19,21-22H,4-5,7H2,1-3H3. The van der Waals surface area contributed by atoms with Crippen LogP contribution in [0, 0.1) is 5.92 Å². The number of methoxy groups -OCH3 is 1. The van der Waals surface area contributed by atoms with Crippen LogP contribution in [-0.2, 0) is 14.3 Å². The summed E-state index contributed by atoms with van der Waals surface area (Å²) in [6.07, 6.45) is 3.14. The molecule has 1 aliphatic heterocycles. The van der Waals surface area contributed by atoms with Crippen LogP contribution in [0.25, 0.3) is 0 Å². The lowest BCUT2D eigenvalue weighted by molar-refractivity contribution is -0.139. The molecule has 0 aromatic heterocycles. The minimum absolute atomic E-state index is 0.00862. The van der Waals surface area contributed by atoms with Gasteiger partial charge in [0.1, 0.15) is 5.78 Å². The van der Waals surface area contributed by atoms with Crippen LogP contribution in [0.3, 0.4) is 0 Å². The number of ether oxygens (including phenoxy) is 2. The number of hydrogen-bond acceptors (Lipinski definition) is 6. The van der Waals surface area contributed by atoms with Gasteiger partial charge in [-0.15, -0.1) is 0 Å². The van der Waals surface area contributed by atoms with Gasteiger partial charge in [-0.3, -0.25) is 4.79 Å². The zero-order chi connectivity index (χ0) is 18.8. The lowest BCUT2D eigenvalue weighted by Gasteiger charge is -2.38. The molecule has 1 aliphatic carbocycles. The van der Waals surface area contributed by atoms with Gasteiger partial charge in [0, 0.05) is 23.7 Å². The Morgan fingerprint density at radius 3 is 2.81 bits per heavy atom. The van der Waals surface area contributed by atoms with Crippen LogP contribution < -0.4 is 10.1 Å². The van der Waals surface area contributed by atoms with Crippen molar-refractivity contribution >= 4 is 11.8 Å². The molecular weight excluding hydrogens is 334 g/mol. The van der Waals surface area contributed by atoms with E-state index in [0.717, 1.165) is 11.3 Å². The van der Waals surface area contributed by atoms with Crippen molar-refractivity contribution < 1.29 is 24.2 Å². The smallest absolute Gasteiger partial charge is 0.336 e. The van der Waals surface area contributed by atoms with Crippen molar-refractivity contribution in [3.05, 3.63) is 46.8 Å². The maximum atomic E-state index is 12.7. The number of fused-ring (bicyclic) bond motifs is 1. The molecule has 6 heteroatoms. The van der Waals surface area contributed by atoms with Gasteiger partial charge >= 0.3 is 5.97 Å². The van der Waals surface area contributed by atoms with E-state index in [9.17, 15) is 14.7 Å². The van der Waals surface area contributed by atoms with Gasteiger partial charge in [-0.2, -0.15) is 0 Å². The number of benzene rings is 1. The summed E-state index contributed by atoms with van der Waals surface area (Å²) in [4.78, 5) is 25.4. The topological polar surface area (TPSA) is 84.9 Å². The third-order valence-corrected chi connectivity index (χ3v) is 4.88. The molecule has 3 rings (SSSR count). The summed E-state index contributed by atoms with van der Waals surface area (Å²) >= 11 is 0. The molecule has 0 bridgehead atoms. The number of carbonyl (C=O) groups is 2. The minimum atomic E-state index is -0.483. The Kier molecular flexibility index (Phi) is 5.02.